The lowest BCUT2D eigenvalue weighted by molar-refractivity contribution is -0.571. The van der Waals surface area contributed by atoms with Crippen molar-refractivity contribution in [1.82, 2.24) is 18.7 Å². The third kappa shape index (κ3) is 6.94. The Balaban J connectivity index is 0.965. The maximum Gasteiger partial charge on any atom is 0.269 e. The van der Waals surface area contributed by atoms with Crippen LogP contribution in [-0.2, 0) is 16.2 Å². The molecule has 0 saturated heterocycles. The summed E-state index contributed by atoms with van der Waals surface area (Å²) in [6, 6.07) is 73.3. The summed E-state index contributed by atoms with van der Waals surface area (Å²) < 4.78 is 16.3. The largest absolute Gasteiger partial charge is 0.458 e. The minimum Gasteiger partial charge on any atom is -0.458 e. The number of para-hydroxylation sites is 5. The van der Waals surface area contributed by atoms with Gasteiger partial charge in [0, 0.05) is 33.8 Å². The molecule has 6 nitrogen and oxygen atoms in total. The lowest BCUT2D eigenvalue weighted by Gasteiger charge is -2.42. The Morgan fingerprint density at radius 1 is 0.474 bits per heavy atom. The molecule has 78 heavy (non-hydrogen) atoms. The van der Waals surface area contributed by atoms with Gasteiger partial charge in [-0.15, -0.1) is 0 Å². The second-order valence-electron chi connectivity index (χ2n) is 24.0. The molecule has 0 amide bonds. The molecular formula is C72H59N5O. The maximum absolute atomic E-state index is 6.95. The zero-order chi connectivity index (χ0) is 52.8. The summed E-state index contributed by atoms with van der Waals surface area (Å²) in [6.45, 7) is 16.5. The fourth-order valence-corrected chi connectivity index (χ4v) is 13.2. The van der Waals surface area contributed by atoms with E-state index in [1.54, 1.807) is 0 Å². The van der Waals surface area contributed by atoms with E-state index in [0.29, 0.717) is 0 Å². The van der Waals surface area contributed by atoms with E-state index >= 15 is 0 Å². The number of aromatic nitrogens is 5. The van der Waals surface area contributed by atoms with Crippen LogP contribution < -0.4 is 9.30 Å². The van der Waals surface area contributed by atoms with Gasteiger partial charge < -0.3 is 9.30 Å². The Morgan fingerprint density at radius 2 is 1.01 bits per heavy atom. The average molecular weight is 1010 g/mol. The Morgan fingerprint density at radius 3 is 1.69 bits per heavy atom. The summed E-state index contributed by atoms with van der Waals surface area (Å²) in [4.78, 5) is 4.94. The zero-order valence-electron chi connectivity index (χ0n) is 45.2. The number of pyridine rings is 1. The number of fused-ring (bicyclic) bond motifs is 14. The van der Waals surface area contributed by atoms with E-state index in [1.165, 1.54) is 55.1 Å². The summed E-state index contributed by atoms with van der Waals surface area (Å²) in [5.74, 6) is 2.35. The molecule has 0 N–H and O–H groups in total. The van der Waals surface area contributed by atoms with E-state index in [1.807, 2.05) is 12.3 Å². The SMILES string of the molecule is CC(C)(C)c1ccnc(-n2c3ccccc3c3ccc(Oc4cccc(-n5[c-][n+]6c7c(cccc75)-c5ccccc5-c5cc7c(cc5-c5cccc(-n8c9ccccc9c9ccccc98)c5-6)C(C)(C)CCC7(C)C)c4)cc32)c1. The zero-order valence-corrected chi connectivity index (χ0v) is 45.2. The first kappa shape index (κ1) is 46.3. The predicted octanol–water partition coefficient (Wildman–Crippen LogP) is 18.0. The number of rotatable bonds is 5. The summed E-state index contributed by atoms with van der Waals surface area (Å²) in [5.41, 5.74) is 20.9. The normalized spacial score (nSPS) is 14.4. The molecule has 6 heteroatoms. The van der Waals surface area contributed by atoms with Crippen LogP contribution in [0.4, 0.5) is 0 Å². The van der Waals surface area contributed by atoms with Gasteiger partial charge in [0.25, 0.3) is 6.33 Å². The monoisotopic (exact) mass is 1010 g/mol. The van der Waals surface area contributed by atoms with Crippen LogP contribution in [0.1, 0.15) is 78.0 Å². The molecule has 0 fully saturated rings. The number of benzene rings is 9. The van der Waals surface area contributed by atoms with Crippen LogP contribution in [0.5, 0.6) is 11.5 Å². The maximum atomic E-state index is 6.95. The van der Waals surface area contributed by atoms with Gasteiger partial charge in [0.2, 0.25) is 0 Å². The fourth-order valence-electron chi connectivity index (χ4n) is 13.2. The highest BCUT2D eigenvalue weighted by Gasteiger charge is 2.39. The number of hydrogen-bond donors (Lipinski definition) is 0. The van der Waals surface area contributed by atoms with Gasteiger partial charge >= 0.3 is 0 Å². The topological polar surface area (TPSA) is 40.8 Å². The van der Waals surface area contributed by atoms with E-state index in [2.05, 4.69) is 267 Å². The van der Waals surface area contributed by atoms with Gasteiger partial charge in [-0.2, -0.15) is 0 Å². The van der Waals surface area contributed by atoms with Crippen LogP contribution >= 0.6 is 0 Å². The molecule has 0 saturated carbocycles. The average Bonchev–Trinajstić information content (AvgIpc) is 4.29. The van der Waals surface area contributed by atoms with Gasteiger partial charge in [-0.1, -0.05) is 170 Å². The van der Waals surface area contributed by atoms with Crippen LogP contribution in [-0.4, -0.2) is 18.7 Å². The highest BCUT2D eigenvalue weighted by atomic mass is 16.5. The fraction of sp³-hybridized carbons (Fsp3) is 0.167. The molecule has 1 aliphatic carbocycles. The number of imidazole rings is 1. The predicted molar refractivity (Wildman–Crippen MR) is 320 cm³/mol. The summed E-state index contributed by atoms with van der Waals surface area (Å²) in [6.07, 6.45) is 8.27. The number of ether oxygens (including phenoxy) is 1. The number of hydrogen-bond acceptors (Lipinski definition) is 2. The third-order valence-electron chi connectivity index (χ3n) is 17.3. The van der Waals surface area contributed by atoms with Crippen LogP contribution in [0.25, 0.3) is 111 Å². The quantitative estimate of drug-likeness (QED) is 0.127. The molecule has 2 aliphatic rings. The minimum absolute atomic E-state index is 0.00617. The Hall–Kier alpha value is -9.00. The first-order valence-electron chi connectivity index (χ1n) is 27.5. The van der Waals surface area contributed by atoms with E-state index in [-0.39, 0.29) is 16.2 Å². The number of nitrogens with zero attached hydrogens (tertiary/aromatic N) is 5. The molecule has 4 aromatic heterocycles. The summed E-state index contributed by atoms with van der Waals surface area (Å²) >= 11 is 0. The molecule has 0 unspecified atom stereocenters. The van der Waals surface area contributed by atoms with E-state index < -0.39 is 0 Å². The van der Waals surface area contributed by atoms with Gasteiger partial charge in [-0.25, -0.2) is 4.98 Å². The molecule has 0 bridgehead atoms. The summed E-state index contributed by atoms with van der Waals surface area (Å²) in [5, 5.41) is 4.77. The first-order chi connectivity index (χ1) is 37.8. The van der Waals surface area contributed by atoms with Crippen molar-refractivity contribution in [1.29, 1.82) is 0 Å². The standard InChI is InChI=1S/C72H59N5O/c1-70(2,3)45-35-38-73-67(39-45)77-63-30-15-12-25-53(63)54-34-33-48(41-66(54)77)78-47-20-16-19-46(40-47)74-44-75-68-55(26-17-31-64(68)74)49-21-8-9-22-50(49)57-42-59-60(72(6,7)37-36-71(59,4)5)43-58(57)56-27-18-32-65(69(56)75)76-61-28-13-10-23-51(61)52-24-11-14-29-62(52)76/h8-35,38-43H,36-37H2,1-7H3. The smallest absolute Gasteiger partial charge is 0.269 e. The van der Waals surface area contributed by atoms with Gasteiger partial charge in [-0.3, -0.25) is 13.7 Å². The molecule has 13 aromatic rings. The minimum atomic E-state index is -0.0306. The van der Waals surface area contributed by atoms with Crippen molar-refractivity contribution in [3.05, 3.63) is 229 Å². The lowest BCUT2D eigenvalue weighted by atomic mass is 9.62. The molecule has 15 rings (SSSR count). The molecule has 0 radical (unpaired) electrons. The molecule has 0 spiro atoms. The van der Waals surface area contributed by atoms with E-state index in [0.717, 1.165) is 96.8 Å². The lowest BCUT2D eigenvalue weighted by Crippen LogP contribution is -2.34. The van der Waals surface area contributed by atoms with Gasteiger partial charge in [-0.05, 0) is 152 Å². The highest BCUT2D eigenvalue weighted by Crippen LogP contribution is 2.52. The Kier molecular flexibility index (Phi) is 9.95. The van der Waals surface area contributed by atoms with E-state index in [4.69, 9.17) is 9.72 Å². The van der Waals surface area contributed by atoms with Crippen LogP contribution in [0.2, 0.25) is 0 Å². The van der Waals surface area contributed by atoms with Gasteiger partial charge in [0.15, 0.2) is 0 Å². The first-order valence-corrected chi connectivity index (χ1v) is 27.5. The molecular weight excluding hydrogens is 951 g/mol. The van der Waals surface area contributed by atoms with Crippen molar-refractivity contribution < 1.29 is 9.30 Å². The van der Waals surface area contributed by atoms with Crippen molar-refractivity contribution in [3.8, 4) is 67.8 Å². The van der Waals surface area contributed by atoms with Crippen LogP contribution in [0.3, 0.4) is 0 Å². The van der Waals surface area contributed by atoms with E-state index in [9.17, 15) is 0 Å². The van der Waals surface area contributed by atoms with Gasteiger partial charge in [0.05, 0.1) is 50.2 Å². The van der Waals surface area contributed by atoms with Crippen LogP contribution in [0, 0.1) is 6.33 Å². The Bertz CT molecular complexity index is 4590. The highest BCUT2D eigenvalue weighted by molar-refractivity contribution is 6.11. The third-order valence-corrected chi connectivity index (χ3v) is 17.3. The van der Waals surface area contributed by atoms with Gasteiger partial charge in [0.1, 0.15) is 17.3 Å². The Labute approximate surface area is 455 Å². The van der Waals surface area contributed by atoms with Crippen molar-refractivity contribution in [2.75, 3.05) is 0 Å². The summed E-state index contributed by atoms with van der Waals surface area (Å²) in [7, 11) is 0. The molecule has 0 atom stereocenters. The van der Waals surface area contributed by atoms with Crippen LogP contribution in [0.15, 0.2) is 206 Å². The van der Waals surface area contributed by atoms with Crippen molar-refractivity contribution in [2.45, 2.75) is 77.6 Å². The molecule has 378 valence electrons. The van der Waals surface area contributed by atoms with Crippen molar-refractivity contribution >= 4 is 54.6 Å². The molecule has 1 aliphatic heterocycles. The second-order valence-corrected chi connectivity index (χ2v) is 24.0. The molecule has 9 aromatic carbocycles. The van der Waals surface area contributed by atoms with Crippen molar-refractivity contribution in [3.63, 3.8) is 0 Å². The second kappa shape index (κ2) is 16.7. The van der Waals surface area contributed by atoms with Crippen molar-refractivity contribution in [2.24, 2.45) is 0 Å². The molecule has 5 heterocycles.